The first-order chi connectivity index (χ1) is 10.7. The average molecular weight is 297 g/mol. The number of nitrogens with zero attached hydrogens (tertiary/aromatic N) is 3. The molecule has 0 saturated heterocycles. The maximum absolute atomic E-state index is 12.2. The summed E-state index contributed by atoms with van der Waals surface area (Å²) in [6, 6.07) is 12.6. The van der Waals surface area contributed by atoms with Crippen molar-refractivity contribution >= 4 is 11.6 Å². The van der Waals surface area contributed by atoms with Gasteiger partial charge >= 0.3 is 11.7 Å². The number of hydrogen-bond acceptors (Lipinski definition) is 4. The molecule has 0 spiro atoms. The summed E-state index contributed by atoms with van der Waals surface area (Å²) in [5.41, 5.74) is 1.76. The Morgan fingerprint density at radius 2 is 1.95 bits per heavy atom. The van der Waals surface area contributed by atoms with Gasteiger partial charge in [-0.3, -0.25) is 4.40 Å². The van der Waals surface area contributed by atoms with Crippen molar-refractivity contribution in [1.82, 2.24) is 14.2 Å². The molecule has 0 radical (unpaired) electrons. The molecular formula is C16H15N3O3. The van der Waals surface area contributed by atoms with Crippen molar-refractivity contribution in [3.8, 4) is 0 Å². The number of aryl methyl sites for hydroxylation is 2. The van der Waals surface area contributed by atoms with Crippen molar-refractivity contribution in [3.05, 3.63) is 70.3 Å². The Balaban J connectivity index is 1.87. The number of methoxy groups -OCH3 is 1. The Hall–Kier alpha value is -2.89. The maximum Gasteiger partial charge on any atom is 0.350 e. The van der Waals surface area contributed by atoms with Gasteiger partial charge in [-0.05, 0) is 30.2 Å². The third-order valence-electron chi connectivity index (χ3n) is 3.50. The standard InChI is InChI=1S/C16H15N3O3/c1-22-15(20)13-7-3-2-6-12(13)9-11-19-16(21)18-10-5-4-8-14(18)17-19/h2-8,10H,9,11H2,1H3. The Morgan fingerprint density at radius 1 is 1.18 bits per heavy atom. The van der Waals surface area contributed by atoms with Crippen molar-refractivity contribution in [1.29, 1.82) is 0 Å². The first kappa shape index (κ1) is 14.1. The number of pyridine rings is 1. The highest BCUT2D eigenvalue weighted by atomic mass is 16.5. The van der Waals surface area contributed by atoms with E-state index < -0.39 is 0 Å². The van der Waals surface area contributed by atoms with E-state index in [1.807, 2.05) is 18.2 Å². The lowest BCUT2D eigenvalue weighted by Crippen LogP contribution is -2.22. The summed E-state index contributed by atoms with van der Waals surface area (Å²) >= 11 is 0. The molecule has 0 saturated carbocycles. The van der Waals surface area contributed by atoms with Gasteiger partial charge in [-0.25, -0.2) is 14.3 Å². The van der Waals surface area contributed by atoms with Crippen LogP contribution in [-0.2, 0) is 17.7 Å². The maximum atomic E-state index is 12.2. The van der Waals surface area contributed by atoms with E-state index in [1.54, 1.807) is 30.5 Å². The van der Waals surface area contributed by atoms with Gasteiger partial charge in [0, 0.05) is 6.20 Å². The number of carbonyl (C=O) groups excluding carboxylic acids is 1. The van der Waals surface area contributed by atoms with Crippen LogP contribution in [-0.4, -0.2) is 27.3 Å². The van der Waals surface area contributed by atoms with Crippen molar-refractivity contribution < 1.29 is 9.53 Å². The SMILES string of the molecule is COC(=O)c1ccccc1CCn1nc2ccccn2c1=O. The molecule has 2 aromatic heterocycles. The van der Waals surface area contributed by atoms with E-state index >= 15 is 0 Å². The van der Waals surface area contributed by atoms with Gasteiger partial charge in [0.15, 0.2) is 5.65 Å². The molecule has 0 atom stereocenters. The first-order valence-corrected chi connectivity index (χ1v) is 6.91. The smallest absolute Gasteiger partial charge is 0.350 e. The molecule has 0 aliphatic rings. The summed E-state index contributed by atoms with van der Waals surface area (Å²) in [5.74, 6) is -0.377. The van der Waals surface area contributed by atoms with Gasteiger partial charge in [-0.2, -0.15) is 0 Å². The fraction of sp³-hybridized carbons (Fsp3) is 0.188. The highest BCUT2D eigenvalue weighted by molar-refractivity contribution is 5.90. The molecule has 0 unspecified atom stereocenters. The van der Waals surface area contributed by atoms with Crippen LogP contribution in [0.3, 0.4) is 0 Å². The van der Waals surface area contributed by atoms with E-state index in [2.05, 4.69) is 5.10 Å². The second-order valence-electron chi connectivity index (χ2n) is 4.83. The number of aromatic nitrogens is 3. The highest BCUT2D eigenvalue weighted by Gasteiger charge is 2.12. The van der Waals surface area contributed by atoms with Crippen LogP contribution in [0.5, 0.6) is 0 Å². The second kappa shape index (κ2) is 5.85. The lowest BCUT2D eigenvalue weighted by molar-refractivity contribution is 0.0599. The highest BCUT2D eigenvalue weighted by Crippen LogP contribution is 2.11. The molecule has 0 aliphatic carbocycles. The van der Waals surface area contributed by atoms with Crippen molar-refractivity contribution in [2.75, 3.05) is 7.11 Å². The van der Waals surface area contributed by atoms with Crippen LogP contribution in [0.2, 0.25) is 0 Å². The van der Waals surface area contributed by atoms with Gasteiger partial charge in [0.1, 0.15) is 0 Å². The fourth-order valence-corrected chi connectivity index (χ4v) is 2.39. The van der Waals surface area contributed by atoms with Crippen molar-refractivity contribution in [3.63, 3.8) is 0 Å². The van der Waals surface area contributed by atoms with Gasteiger partial charge in [0.2, 0.25) is 0 Å². The van der Waals surface area contributed by atoms with Crippen LogP contribution in [0.15, 0.2) is 53.5 Å². The molecule has 3 aromatic rings. The van der Waals surface area contributed by atoms with Gasteiger partial charge in [-0.15, -0.1) is 5.10 Å². The summed E-state index contributed by atoms with van der Waals surface area (Å²) < 4.78 is 7.67. The zero-order valence-corrected chi connectivity index (χ0v) is 12.1. The lowest BCUT2D eigenvalue weighted by atomic mass is 10.0. The third kappa shape index (κ3) is 2.50. The third-order valence-corrected chi connectivity index (χ3v) is 3.50. The minimum absolute atomic E-state index is 0.189. The molecule has 6 heteroatoms. The predicted molar refractivity (Wildman–Crippen MR) is 80.9 cm³/mol. The number of fused-ring (bicyclic) bond motifs is 1. The van der Waals surface area contributed by atoms with E-state index in [0.29, 0.717) is 24.2 Å². The second-order valence-corrected chi connectivity index (χ2v) is 4.83. The number of esters is 1. The van der Waals surface area contributed by atoms with Gasteiger partial charge in [0.05, 0.1) is 19.2 Å². The minimum Gasteiger partial charge on any atom is -0.465 e. The summed E-state index contributed by atoms with van der Waals surface area (Å²) in [6.45, 7) is 0.397. The zero-order chi connectivity index (χ0) is 15.5. The number of ether oxygens (including phenoxy) is 1. The van der Waals surface area contributed by atoms with Crippen LogP contribution in [0.1, 0.15) is 15.9 Å². The molecule has 0 N–H and O–H groups in total. The Morgan fingerprint density at radius 3 is 2.73 bits per heavy atom. The first-order valence-electron chi connectivity index (χ1n) is 6.91. The fourth-order valence-electron chi connectivity index (χ4n) is 2.39. The minimum atomic E-state index is -0.377. The lowest BCUT2D eigenvalue weighted by Gasteiger charge is -2.07. The topological polar surface area (TPSA) is 65.6 Å². The largest absolute Gasteiger partial charge is 0.465 e. The molecule has 3 rings (SSSR count). The summed E-state index contributed by atoms with van der Waals surface area (Å²) in [6.07, 6.45) is 2.21. The molecule has 1 aromatic carbocycles. The number of rotatable bonds is 4. The summed E-state index contributed by atoms with van der Waals surface area (Å²) in [5, 5.41) is 4.27. The molecule has 0 bridgehead atoms. The van der Waals surface area contributed by atoms with E-state index in [4.69, 9.17) is 4.74 Å². The van der Waals surface area contributed by atoms with Crippen LogP contribution in [0.4, 0.5) is 0 Å². The van der Waals surface area contributed by atoms with Gasteiger partial charge in [-0.1, -0.05) is 24.3 Å². The zero-order valence-electron chi connectivity index (χ0n) is 12.1. The Bertz CT molecular complexity index is 879. The molecule has 22 heavy (non-hydrogen) atoms. The number of benzene rings is 1. The average Bonchev–Trinajstić information content (AvgIpc) is 2.89. The molecule has 0 amide bonds. The Labute approximate surface area is 126 Å². The van der Waals surface area contributed by atoms with Crippen molar-refractivity contribution in [2.45, 2.75) is 13.0 Å². The van der Waals surface area contributed by atoms with Gasteiger partial charge < -0.3 is 4.74 Å². The summed E-state index contributed by atoms with van der Waals surface area (Å²) in [4.78, 5) is 23.9. The molecule has 6 nitrogen and oxygen atoms in total. The predicted octanol–water partition coefficient (Wildman–Crippen LogP) is 1.53. The molecular weight excluding hydrogens is 282 g/mol. The van der Waals surface area contributed by atoms with E-state index in [-0.39, 0.29) is 11.7 Å². The Kier molecular flexibility index (Phi) is 3.74. The quantitative estimate of drug-likeness (QED) is 0.685. The van der Waals surface area contributed by atoms with Crippen LogP contribution >= 0.6 is 0 Å². The molecule has 0 aliphatic heterocycles. The monoisotopic (exact) mass is 297 g/mol. The van der Waals surface area contributed by atoms with E-state index in [9.17, 15) is 9.59 Å². The van der Waals surface area contributed by atoms with Crippen molar-refractivity contribution in [2.24, 2.45) is 0 Å². The van der Waals surface area contributed by atoms with E-state index in [1.165, 1.54) is 16.2 Å². The van der Waals surface area contributed by atoms with E-state index in [0.717, 1.165) is 5.56 Å². The molecule has 112 valence electrons. The summed E-state index contributed by atoms with van der Waals surface area (Å²) in [7, 11) is 1.35. The van der Waals surface area contributed by atoms with Crippen LogP contribution in [0.25, 0.3) is 5.65 Å². The molecule has 2 heterocycles. The van der Waals surface area contributed by atoms with Gasteiger partial charge in [0.25, 0.3) is 0 Å². The van der Waals surface area contributed by atoms with Crippen LogP contribution in [0, 0.1) is 0 Å². The number of carbonyl (C=O) groups is 1. The molecule has 0 fully saturated rings. The normalized spacial score (nSPS) is 10.8. The van der Waals surface area contributed by atoms with Crippen LogP contribution < -0.4 is 5.69 Å². The number of hydrogen-bond donors (Lipinski definition) is 0.